The Kier molecular flexibility index (Phi) is 3.54. The van der Waals surface area contributed by atoms with Gasteiger partial charge in [-0.3, -0.25) is 0 Å². The molecule has 1 aliphatic carbocycles. The Labute approximate surface area is 132 Å². The zero-order chi connectivity index (χ0) is 13.6. The average molecular weight is 389 g/mol. The molecule has 0 radical (unpaired) electrons. The highest BCUT2D eigenvalue weighted by Gasteiger charge is 2.33. The molecule has 0 aliphatic heterocycles. The fourth-order valence-electron chi connectivity index (χ4n) is 2.91. The third-order valence-corrected chi connectivity index (χ3v) is 5.06. The summed E-state index contributed by atoms with van der Waals surface area (Å²) in [7, 11) is 0. The molecule has 102 valence electrons. The maximum absolute atomic E-state index is 6.32. The summed E-state index contributed by atoms with van der Waals surface area (Å²) in [5, 5.41) is -0.0475. The molecule has 0 bridgehead atoms. The van der Waals surface area contributed by atoms with E-state index in [1.807, 2.05) is 6.92 Å². The minimum atomic E-state index is -0.0475. The molecule has 2 aromatic rings. The Morgan fingerprint density at radius 2 is 2.21 bits per heavy atom. The van der Waals surface area contributed by atoms with E-state index < -0.39 is 0 Å². The lowest BCUT2D eigenvalue weighted by Crippen LogP contribution is -2.31. The molecule has 0 saturated heterocycles. The molecule has 1 heterocycles. The van der Waals surface area contributed by atoms with E-state index in [1.165, 1.54) is 28.3 Å². The van der Waals surface area contributed by atoms with Gasteiger partial charge in [-0.05, 0) is 66.0 Å². The maximum atomic E-state index is 6.32. The van der Waals surface area contributed by atoms with E-state index in [2.05, 4.69) is 52.3 Å². The van der Waals surface area contributed by atoms with Gasteiger partial charge in [0.25, 0.3) is 0 Å². The van der Waals surface area contributed by atoms with Crippen LogP contribution < -0.4 is 0 Å². The van der Waals surface area contributed by atoms with Crippen LogP contribution in [0, 0.1) is 8.99 Å². The summed E-state index contributed by atoms with van der Waals surface area (Å²) in [4.78, 5) is 4.74. The monoisotopic (exact) mass is 388 g/mol. The maximum Gasteiger partial charge on any atom is 0.127 e. The van der Waals surface area contributed by atoms with Crippen molar-refractivity contribution in [2.75, 3.05) is 0 Å². The normalized spacial score (nSPS) is 19.4. The van der Waals surface area contributed by atoms with Gasteiger partial charge in [-0.2, -0.15) is 0 Å². The van der Waals surface area contributed by atoms with Crippen LogP contribution in [0.4, 0.5) is 0 Å². The highest BCUT2D eigenvalue weighted by Crippen LogP contribution is 2.43. The van der Waals surface area contributed by atoms with E-state index in [-0.39, 0.29) is 5.38 Å². The van der Waals surface area contributed by atoms with Gasteiger partial charge in [0.2, 0.25) is 0 Å². The van der Waals surface area contributed by atoms with Crippen LogP contribution in [0.1, 0.15) is 44.3 Å². The zero-order valence-corrected chi connectivity index (χ0v) is 14.2. The van der Waals surface area contributed by atoms with E-state index >= 15 is 0 Å². The van der Waals surface area contributed by atoms with Gasteiger partial charge in [-0.15, -0.1) is 11.6 Å². The number of imidazole rings is 1. The molecule has 4 heteroatoms. The van der Waals surface area contributed by atoms with E-state index in [0.29, 0.717) is 5.41 Å². The molecule has 0 spiro atoms. The number of alkyl halides is 1. The number of benzene rings is 1. The van der Waals surface area contributed by atoms with Crippen LogP contribution in [0.15, 0.2) is 18.2 Å². The van der Waals surface area contributed by atoms with Gasteiger partial charge in [0, 0.05) is 10.1 Å². The van der Waals surface area contributed by atoms with Crippen molar-refractivity contribution in [3.63, 3.8) is 0 Å². The minimum absolute atomic E-state index is 0.0475. The molecule has 1 saturated carbocycles. The molecule has 19 heavy (non-hydrogen) atoms. The molecule has 1 atom stereocenters. The molecule has 1 unspecified atom stereocenters. The van der Waals surface area contributed by atoms with Gasteiger partial charge in [-0.1, -0.05) is 13.3 Å². The molecular formula is C15H18ClIN2. The summed E-state index contributed by atoms with van der Waals surface area (Å²) in [5.74, 6) is 1.01. The van der Waals surface area contributed by atoms with Crippen molar-refractivity contribution in [1.29, 1.82) is 0 Å². The Morgan fingerprint density at radius 1 is 1.47 bits per heavy atom. The fraction of sp³-hybridized carbons (Fsp3) is 0.533. The average Bonchev–Trinajstić information content (AvgIpc) is 2.65. The van der Waals surface area contributed by atoms with E-state index in [0.717, 1.165) is 17.9 Å². The lowest BCUT2D eigenvalue weighted by Gasteiger charge is -2.39. The molecule has 1 fully saturated rings. The molecular weight excluding hydrogens is 371 g/mol. The number of rotatable bonds is 3. The second-order valence-electron chi connectivity index (χ2n) is 5.97. The van der Waals surface area contributed by atoms with Gasteiger partial charge >= 0.3 is 0 Å². The summed E-state index contributed by atoms with van der Waals surface area (Å²) < 4.78 is 3.56. The molecule has 1 aliphatic rings. The van der Waals surface area contributed by atoms with Crippen molar-refractivity contribution in [3.8, 4) is 0 Å². The lowest BCUT2D eigenvalue weighted by molar-refractivity contribution is 0.132. The second kappa shape index (κ2) is 4.92. The zero-order valence-electron chi connectivity index (χ0n) is 11.3. The fourth-order valence-corrected chi connectivity index (χ4v) is 3.55. The van der Waals surface area contributed by atoms with Crippen molar-refractivity contribution >= 4 is 45.2 Å². The molecule has 0 N–H and O–H groups in total. The molecule has 2 nitrogen and oxygen atoms in total. The first-order valence-corrected chi connectivity index (χ1v) is 8.30. The third kappa shape index (κ3) is 2.51. The summed E-state index contributed by atoms with van der Waals surface area (Å²) in [6.45, 7) is 5.42. The highest BCUT2D eigenvalue weighted by molar-refractivity contribution is 14.1. The number of hydrogen-bond donors (Lipinski definition) is 0. The van der Waals surface area contributed by atoms with Gasteiger partial charge in [0.05, 0.1) is 16.4 Å². The quantitative estimate of drug-likeness (QED) is 0.526. The summed E-state index contributed by atoms with van der Waals surface area (Å²) in [5.41, 5.74) is 2.71. The molecule has 1 aromatic heterocycles. The first kappa shape index (κ1) is 13.7. The SMILES string of the molecule is CC(Cl)c1nc2cc(I)ccc2n1CC1(C)CCC1. The Morgan fingerprint density at radius 3 is 2.79 bits per heavy atom. The van der Waals surface area contributed by atoms with Gasteiger partial charge in [0.15, 0.2) is 0 Å². The minimum Gasteiger partial charge on any atom is -0.326 e. The summed E-state index contributed by atoms with van der Waals surface area (Å²) >= 11 is 8.66. The lowest BCUT2D eigenvalue weighted by atomic mass is 9.70. The summed E-state index contributed by atoms with van der Waals surface area (Å²) in [6.07, 6.45) is 3.98. The molecule has 3 rings (SSSR count). The Hall–Kier alpha value is -0.290. The van der Waals surface area contributed by atoms with Crippen molar-refractivity contribution in [2.45, 2.75) is 45.0 Å². The van der Waals surface area contributed by atoms with E-state index in [1.54, 1.807) is 0 Å². The van der Waals surface area contributed by atoms with E-state index in [9.17, 15) is 0 Å². The second-order valence-corrected chi connectivity index (χ2v) is 7.87. The largest absolute Gasteiger partial charge is 0.326 e. The van der Waals surface area contributed by atoms with Crippen molar-refractivity contribution < 1.29 is 0 Å². The van der Waals surface area contributed by atoms with Crippen LogP contribution in [0.2, 0.25) is 0 Å². The molecule has 1 aromatic carbocycles. The van der Waals surface area contributed by atoms with Crippen LogP contribution in [0.25, 0.3) is 11.0 Å². The van der Waals surface area contributed by atoms with Crippen LogP contribution in [-0.4, -0.2) is 9.55 Å². The number of aromatic nitrogens is 2. The van der Waals surface area contributed by atoms with Gasteiger partial charge < -0.3 is 4.57 Å². The Bertz CT molecular complexity index is 614. The summed E-state index contributed by atoms with van der Waals surface area (Å²) in [6, 6.07) is 6.46. The highest BCUT2D eigenvalue weighted by atomic mass is 127. The van der Waals surface area contributed by atoms with Crippen molar-refractivity contribution in [2.24, 2.45) is 5.41 Å². The smallest absolute Gasteiger partial charge is 0.127 e. The standard InChI is InChI=1S/C15H18ClIN2/c1-10(16)14-18-12-8-11(17)4-5-13(12)19(14)9-15(2)6-3-7-15/h4-5,8,10H,3,6-7,9H2,1-2H3. The van der Waals surface area contributed by atoms with Crippen LogP contribution in [-0.2, 0) is 6.54 Å². The van der Waals surface area contributed by atoms with Gasteiger partial charge in [-0.25, -0.2) is 4.98 Å². The number of nitrogens with zero attached hydrogens (tertiary/aromatic N) is 2. The first-order valence-electron chi connectivity index (χ1n) is 6.78. The topological polar surface area (TPSA) is 17.8 Å². The number of halogens is 2. The Balaban J connectivity index is 2.11. The molecule has 0 amide bonds. The van der Waals surface area contributed by atoms with Crippen LogP contribution in [0.3, 0.4) is 0 Å². The predicted octanol–water partition coefficient (Wildman–Crippen LogP) is 5.13. The van der Waals surface area contributed by atoms with Crippen molar-refractivity contribution in [1.82, 2.24) is 9.55 Å². The van der Waals surface area contributed by atoms with Crippen molar-refractivity contribution in [3.05, 3.63) is 27.6 Å². The van der Waals surface area contributed by atoms with E-state index in [4.69, 9.17) is 16.6 Å². The number of hydrogen-bond acceptors (Lipinski definition) is 1. The number of fused-ring (bicyclic) bond motifs is 1. The third-order valence-electron chi connectivity index (χ3n) is 4.20. The predicted molar refractivity (Wildman–Crippen MR) is 88.7 cm³/mol. The van der Waals surface area contributed by atoms with Gasteiger partial charge in [0.1, 0.15) is 5.82 Å². The first-order chi connectivity index (χ1) is 8.98. The van der Waals surface area contributed by atoms with Crippen LogP contribution >= 0.6 is 34.2 Å². The van der Waals surface area contributed by atoms with Crippen LogP contribution in [0.5, 0.6) is 0 Å².